The first-order valence-electron chi connectivity index (χ1n) is 7.78. The van der Waals surface area contributed by atoms with Gasteiger partial charge in [-0.05, 0) is 43.3 Å². The van der Waals surface area contributed by atoms with E-state index in [1.165, 1.54) is 7.11 Å². The zero-order valence-electron chi connectivity index (χ0n) is 14.2. The number of hydrogen-bond acceptors (Lipinski definition) is 4. The summed E-state index contributed by atoms with van der Waals surface area (Å²) in [5.41, 5.74) is -0.579. The second-order valence-corrected chi connectivity index (χ2v) is 5.96. The number of rotatable bonds is 8. The van der Waals surface area contributed by atoms with Gasteiger partial charge < -0.3 is 19.9 Å². The van der Waals surface area contributed by atoms with Gasteiger partial charge in [-0.1, -0.05) is 18.2 Å². The summed E-state index contributed by atoms with van der Waals surface area (Å²) in [5.74, 6) is -0.0692. The van der Waals surface area contributed by atoms with Gasteiger partial charge in [-0.25, -0.2) is 0 Å². The molecule has 1 atom stereocenters. The molecule has 0 aliphatic rings. The highest BCUT2D eigenvalue weighted by Crippen LogP contribution is 2.21. The van der Waals surface area contributed by atoms with E-state index in [0.29, 0.717) is 17.1 Å². The minimum Gasteiger partial charge on any atom is -0.481 e. The Bertz CT molecular complexity index is 714. The molecule has 1 unspecified atom stereocenters. The lowest BCUT2D eigenvalue weighted by atomic mass is 9.98. The number of carboxylic acid groups (broad SMARTS) is 1. The van der Waals surface area contributed by atoms with Gasteiger partial charge in [-0.2, -0.15) is 0 Å². The molecule has 6 nitrogen and oxygen atoms in total. The van der Waals surface area contributed by atoms with Crippen LogP contribution >= 0.6 is 0 Å². The van der Waals surface area contributed by atoms with Crippen LogP contribution in [0.2, 0.25) is 0 Å². The topological polar surface area (TPSA) is 84.9 Å². The van der Waals surface area contributed by atoms with Crippen molar-refractivity contribution in [2.45, 2.75) is 18.9 Å². The number of carboxylic acids is 1. The molecule has 2 aromatic carbocycles. The molecule has 0 spiro atoms. The summed E-state index contributed by atoms with van der Waals surface area (Å²) in [5, 5.41) is 11.7. The standard InChI is InChI=1S/C19H21NO5/c1-19(13-24-2,12-17(21)22)20-18(23)14-8-10-16(11-9-14)25-15-6-4-3-5-7-15/h3-11H,12-13H2,1-2H3,(H,20,23)(H,21,22). The second kappa shape index (κ2) is 8.30. The first-order valence-corrected chi connectivity index (χ1v) is 7.78. The smallest absolute Gasteiger partial charge is 0.305 e. The number of carbonyl (C=O) groups excluding carboxylic acids is 1. The Morgan fingerprint density at radius 2 is 1.64 bits per heavy atom. The van der Waals surface area contributed by atoms with Gasteiger partial charge in [-0.15, -0.1) is 0 Å². The van der Waals surface area contributed by atoms with Crippen LogP contribution in [0.25, 0.3) is 0 Å². The maximum absolute atomic E-state index is 12.4. The number of ether oxygens (including phenoxy) is 2. The van der Waals surface area contributed by atoms with Crippen molar-refractivity contribution in [1.82, 2.24) is 5.32 Å². The van der Waals surface area contributed by atoms with Crippen LogP contribution in [-0.4, -0.2) is 36.2 Å². The van der Waals surface area contributed by atoms with Crippen molar-refractivity contribution < 1.29 is 24.2 Å². The molecule has 1 amide bonds. The highest BCUT2D eigenvalue weighted by atomic mass is 16.5. The van der Waals surface area contributed by atoms with E-state index in [9.17, 15) is 9.59 Å². The predicted octanol–water partition coefficient (Wildman–Crippen LogP) is 3.09. The molecular formula is C19H21NO5. The zero-order chi connectivity index (χ0) is 18.3. The van der Waals surface area contributed by atoms with E-state index in [1.807, 2.05) is 30.3 Å². The summed E-state index contributed by atoms with van der Waals surface area (Å²) >= 11 is 0. The number of hydrogen-bond donors (Lipinski definition) is 2. The molecule has 0 aliphatic heterocycles. The molecule has 2 N–H and O–H groups in total. The van der Waals surface area contributed by atoms with Crippen LogP contribution in [0.15, 0.2) is 54.6 Å². The third kappa shape index (κ3) is 5.61. The highest BCUT2D eigenvalue weighted by molar-refractivity contribution is 5.95. The molecule has 0 aliphatic carbocycles. The van der Waals surface area contributed by atoms with Gasteiger partial charge >= 0.3 is 5.97 Å². The van der Waals surface area contributed by atoms with E-state index < -0.39 is 11.5 Å². The molecule has 6 heteroatoms. The second-order valence-electron chi connectivity index (χ2n) is 5.96. The summed E-state index contributed by atoms with van der Waals surface area (Å²) in [4.78, 5) is 23.4. The van der Waals surface area contributed by atoms with Gasteiger partial charge in [-0.3, -0.25) is 9.59 Å². The molecule has 0 radical (unpaired) electrons. The van der Waals surface area contributed by atoms with Crippen LogP contribution < -0.4 is 10.1 Å². The average Bonchev–Trinajstić information content (AvgIpc) is 2.55. The molecule has 0 heterocycles. The van der Waals surface area contributed by atoms with Gasteiger partial charge in [0.1, 0.15) is 11.5 Å². The number of carbonyl (C=O) groups is 2. The SMILES string of the molecule is COCC(C)(CC(=O)O)NC(=O)c1ccc(Oc2ccccc2)cc1. The van der Waals surface area contributed by atoms with Crippen LogP contribution in [0.4, 0.5) is 0 Å². The summed E-state index contributed by atoms with van der Waals surface area (Å²) in [7, 11) is 1.46. The van der Waals surface area contributed by atoms with Gasteiger partial charge in [0, 0.05) is 12.7 Å². The number of methoxy groups -OCH3 is 1. The number of nitrogens with one attached hydrogen (secondary N) is 1. The van der Waals surface area contributed by atoms with E-state index in [2.05, 4.69) is 5.32 Å². The Kier molecular flexibility index (Phi) is 6.14. The lowest BCUT2D eigenvalue weighted by molar-refractivity contribution is -0.139. The first kappa shape index (κ1) is 18.5. The third-order valence-corrected chi connectivity index (χ3v) is 3.52. The van der Waals surface area contributed by atoms with Gasteiger partial charge in [0.05, 0.1) is 18.6 Å². The largest absolute Gasteiger partial charge is 0.481 e. The van der Waals surface area contributed by atoms with Crippen molar-refractivity contribution in [3.05, 3.63) is 60.2 Å². The monoisotopic (exact) mass is 343 g/mol. The maximum atomic E-state index is 12.4. The van der Waals surface area contributed by atoms with Crippen molar-refractivity contribution >= 4 is 11.9 Å². The summed E-state index contributed by atoms with van der Waals surface area (Å²) in [6.45, 7) is 1.73. The number of aliphatic carboxylic acids is 1. The fourth-order valence-electron chi connectivity index (χ4n) is 2.43. The Labute approximate surface area is 146 Å². The van der Waals surface area contributed by atoms with E-state index in [0.717, 1.165) is 0 Å². The molecule has 0 saturated carbocycles. The lowest BCUT2D eigenvalue weighted by Gasteiger charge is -2.28. The molecule has 0 bridgehead atoms. The first-order chi connectivity index (χ1) is 11.9. The maximum Gasteiger partial charge on any atom is 0.305 e. The van der Waals surface area contributed by atoms with E-state index in [1.54, 1.807) is 31.2 Å². The number of para-hydroxylation sites is 1. The van der Waals surface area contributed by atoms with E-state index in [4.69, 9.17) is 14.6 Å². The van der Waals surface area contributed by atoms with E-state index >= 15 is 0 Å². The molecule has 2 aromatic rings. The van der Waals surface area contributed by atoms with Crippen LogP contribution in [0.5, 0.6) is 11.5 Å². The molecule has 25 heavy (non-hydrogen) atoms. The average molecular weight is 343 g/mol. The van der Waals surface area contributed by atoms with Crippen LogP contribution in [0.1, 0.15) is 23.7 Å². The Morgan fingerprint density at radius 1 is 1.04 bits per heavy atom. The third-order valence-electron chi connectivity index (χ3n) is 3.52. The molecule has 132 valence electrons. The number of amides is 1. The molecular weight excluding hydrogens is 322 g/mol. The Hall–Kier alpha value is -2.86. The fourth-order valence-corrected chi connectivity index (χ4v) is 2.43. The van der Waals surface area contributed by atoms with Gasteiger partial charge in [0.15, 0.2) is 0 Å². The van der Waals surface area contributed by atoms with Crippen LogP contribution in [0.3, 0.4) is 0 Å². The van der Waals surface area contributed by atoms with Crippen LogP contribution in [0, 0.1) is 0 Å². The quantitative estimate of drug-likeness (QED) is 0.769. The van der Waals surface area contributed by atoms with Crippen molar-refractivity contribution in [3.63, 3.8) is 0 Å². The van der Waals surface area contributed by atoms with Gasteiger partial charge in [0.25, 0.3) is 5.91 Å². The summed E-state index contributed by atoms with van der Waals surface area (Å²) in [6, 6.07) is 15.9. The number of benzene rings is 2. The van der Waals surface area contributed by atoms with Crippen molar-refractivity contribution in [3.8, 4) is 11.5 Å². The van der Waals surface area contributed by atoms with Crippen molar-refractivity contribution in [2.24, 2.45) is 0 Å². The van der Waals surface area contributed by atoms with Crippen molar-refractivity contribution in [1.29, 1.82) is 0 Å². The Morgan fingerprint density at radius 3 is 2.20 bits per heavy atom. The summed E-state index contributed by atoms with van der Waals surface area (Å²) in [6.07, 6.45) is -0.234. The van der Waals surface area contributed by atoms with E-state index in [-0.39, 0.29) is 18.9 Å². The lowest BCUT2D eigenvalue weighted by Crippen LogP contribution is -2.50. The van der Waals surface area contributed by atoms with Crippen molar-refractivity contribution in [2.75, 3.05) is 13.7 Å². The molecule has 0 fully saturated rings. The molecule has 2 rings (SSSR count). The summed E-state index contributed by atoms with van der Waals surface area (Å²) < 4.78 is 10.7. The highest BCUT2D eigenvalue weighted by Gasteiger charge is 2.29. The Balaban J connectivity index is 2.05. The van der Waals surface area contributed by atoms with Crippen LogP contribution in [-0.2, 0) is 9.53 Å². The van der Waals surface area contributed by atoms with Gasteiger partial charge in [0.2, 0.25) is 0 Å². The minimum atomic E-state index is -1.01. The fraction of sp³-hybridized carbons (Fsp3) is 0.263. The molecule has 0 aromatic heterocycles. The predicted molar refractivity (Wildman–Crippen MR) is 93.0 cm³/mol. The minimum absolute atomic E-state index is 0.0975. The molecule has 0 saturated heterocycles. The normalized spacial score (nSPS) is 12.9. The zero-order valence-corrected chi connectivity index (χ0v) is 14.2.